The molecular weight excluding hydrogens is 228 g/mol. The zero-order valence-electron chi connectivity index (χ0n) is 10.6. The van der Waals surface area contributed by atoms with Crippen molar-refractivity contribution >= 4 is 5.91 Å². The zero-order chi connectivity index (χ0) is 12.5. The second-order valence-corrected chi connectivity index (χ2v) is 5.02. The van der Waals surface area contributed by atoms with Gasteiger partial charge in [0.05, 0.1) is 12.6 Å². The zero-order valence-corrected chi connectivity index (χ0v) is 10.6. The van der Waals surface area contributed by atoms with Crippen LogP contribution < -0.4 is 10.1 Å². The van der Waals surface area contributed by atoms with E-state index in [0.717, 1.165) is 24.2 Å². The summed E-state index contributed by atoms with van der Waals surface area (Å²) in [6.07, 6.45) is 2.30. The molecule has 18 heavy (non-hydrogen) atoms. The molecule has 3 rings (SSSR count). The number of carbonyl (C=O) groups excluding carboxylic acids is 1. The Bertz CT molecular complexity index is 457. The number of nitrogens with zero attached hydrogens (tertiary/aromatic N) is 1. The van der Waals surface area contributed by atoms with Crippen LogP contribution in [0, 0.1) is 0 Å². The highest BCUT2D eigenvalue weighted by atomic mass is 16.5. The van der Waals surface area contributed by atoms with E-state index in [1.165, 1.54) is 0 Å². The number of amides is 1. The van der Waals surface area contributed by atoms with Gasteiger partial charge in [0.1, 0.15) is 12.4 Å². The van der Waals surface area contributed by atoms with E-state index < -0.39 is 0 Å². The van der Waals surface area contributed by atoms with Gasteiger partial charge in [0.15, 0.2) is 0 Å². The highest BCUT2D eigenvalue weighted by molar-refractivity contribution is 5.78. The van der Waals surface area contributed by atoms with Gasteiger partial charge in [-0.25, -0.2) is 0 Å². The molecule has 1 amide bonds. The Hall–Kier alpha value is -1.55. The molecule has 1 aromatic carbocycles. The fourth-order valence-corrected chi connectivity index (χ4v) is 2.33. The van der Waals surface area contributed by atoms with E-state index in [9.17, 15) is 4.79 Å². The summed E-state index contributed by atoms with van der Waals surface area (Å²) in [5.74, 6) is 1.10. The van der Waals surface area contributed by atoms with Gasteiger partial charge in [-0.3, -0.25) is 10.1 Å². The molecule has 0 saturated heterocycles. The van der Waals surface area contributed by atoms with Gasteiger partial charge < -0.3 is 9.64 Å². The third kappa shape index (κ3) is 2.20. The maximum Gasteiger partial charge on any atom is 0.236 e. The van der Waals surface area contributed by atoms with Gasteiger partial charge in [0.2, 0.25) is 5.91 Å². The lowest BCUT2D eigenvalue weighted by atomic mass is 10.1. The van der Waals surface area contributed by atoms with Gasteiger partial charge in [-0.05, 0) is 18.9 Å². The maximum absolute atomic E-state index is 11.9. The van der Waals surface area contributed by atoms with Crippen LogP contribution in [0.3, 0.4) is 0 Å². The summed E-state index contributed by atoms with van der Waals surface area (Å²) >= 11 is 0. The standard InChI is InChI=1S/C14H18N2O2/c1-16(10-6-7-10)14(17)8-15-12-9-18-13-5-3-2-4-11(12)13/h2-5,10,12,15H,6-9H2,1H3. The van der Waals surface area contributed by atoms with Crippen molar-refractivity contribution < 1.29 is 9.53 Å². The predicted octanol–water partition coefficient (Wildman–Crippen LogP) is 1.33. The minimum absolute atomic E-state index is 0.137. The lowest BCUT2D eigenvalue weighted by molar-refractivity contribution is -0.129. The van der Waals surface area contributed by atoms with E-state index in [-0.39, 0.29) is 11.9 Å². The predicted molar refractivity (Wildman–Crippen MR) is 68.5 cm³/mol. The molecule has 4 heteroatoms. The van der Waals surface area contributed by atoms with E-state index >= 15 is 0 Å². The fourth-order valence-electron chi connectivity index (χ4n) is 2.33. The third-order valence-corrected chi connectivity index (χ3v) is 3.69. The number of nitrogens with one attached hydrogen (secondary N) is 1. The monoisotopic (exact) mass is 246 g/mol. The first-order valence-corrected chi connectivity index (χ1v) is 6.46. The summed E-state index contributed by atoms with van der Waals surface area (Å²) in [6.45, 7) is 0.995. The van der Waals surface area contributed by atoms with Crippen molar-refractivity contribution in [3.63, 3.8) is 0 Å². The van der Waals surface area contributed by atoms with Crippen molar-refractivity contribution in [2.45, 2.75) is 24.9 Å². The van der Waals surface area contributed by atoms with Crippen LogP contribution >= 0.6 is 0 Å². The van der Waals surface area contributed by atoms with Gasteiger partial charge in [-0.2, -0.15) is 0 Å². The van der Waals surface area contributed by atoms with E-state index in [0.29, 0.717) is 19.2 Å². The van der Waals surface area contributed by atoms with Crippen LogP contribution in [0.15, 0.2) is 24.3 Å². The van der Waals surface area contributed by atoms with Crippen LogP contribution in [0.2, 0.25) is 0 Å². The van der Waals surface area contributed by atoms with Crippen LogP contribution in [-0.4, -0.2) is 37.0 Å². The summed E-state index contributed by atoms with van der Waals surface area (Å²) in [7, 11) is 1.89. The Kier molecular flexibility index (Phi) is 2.96. The molecule has 1 unspecified atom stereocenters. The van der Waals surface area contributed by atoms with Crippen LogP contribution in [0.4, 0.5) is 0 Å². The van der Waals surface area contributed by atoms with Gasteiger partial charge in [-0.15, -0.1) is 0 Å². The number of hydrogen-bond acceptors (Lipinski definition) is 3. The molecule has 1 saturated carbocycles. The first-order chi connectivity index (χ1) is 8.75. The summed E-state index contributed by atoms with van der Waals surface area (Å²) in [4.78, 5) is 13.8. The largest absolute Gasteiger partial charge is 0.491 e. The Balaban J connectivity index is 1.56. The number of benzene rings is 1. The molecule has 96 valence electrons. The fraction of sp³-hybridized carbons (Fsp3) is 0.500. The average molecular weight is 246 g/mol. The molecule has 4 nitrogen and oxygen atoms in total. The minimum atomic E-state index is 0.137. The van der Waals surface area contributed by atoms with E-state index in [4.69, 9.17) is 4.74 Å². The van der Waals surface area contributed by atoms with Crippen LogP contribution in [-0.2, 0) is 4.79 Å². The maximum atomic E-state index is 11.9. The summed E-state index contributed by atoms with van der Waals surface area (Å²) < 4.78 is 5.58. The Labute approximate surface area is 107 Å². The van der Waals surface area contributed by atoms with Crippen molar-refractivity contribution in [2.75, 3.05) is 20.2 Å². The van der Waals surface area contributed by atoms with Crippen molar-refractivity contribution in [3.05, 3.63) is 29.8 Å². The lowest BCUT2D eigenvalue weighted by Crippen LogP contribution is -2.38. The molecular formula is C14H18N2O2. The normalized spacial score (nSPS) is 21.3. The Morgan fingerprint density at radius 3 is 3.00 bits per heavy atom. The molecule has 1 aromatic rings. The number of rotatable bonds is 4. The van der Waals surface area contributed by atoms with Crippen LogP contribution in [0.5, 0.6) is 5.75 Å². The van der Waals surface area contributed by atoms with E-state index in [1.807, 2.05) is 30.1 Å². The number of likely N-dealkylation sites (N-methyl/N-ethyl adjacent to an activating group) is 1. The molecule has 1 aliphatic heterocycles. The quantitative estimate of drug-likeness (QED) is 0.871. The highest BCUT2D eigenvalue weighted by Gasteiger charge is 2.30. The molecule has 0 radical (unpaired) electrons. The first kappa shape index (κ1) is 11.5. The first-order valence-electron chi connectivity index (χ1n) is 6.46. The molecule has 1 N–H and O–H groups in total. The number of fused-ring (bicyclic) bond motifs is 1. The number of para-hydroxylation sites is 1. The topological polar surface area (TPSA) is 41.6 Å². The number of ether oxygens (including phenoxy) is 1. The molecule has 0 spiro atoms. The molecule has 2 aliphatic rings. The lowest BCUT2D eigenvalue weighted by Gasteiger charge is -2.18. The minimum Gasteiger partial charge on any atom is -0.491 e. The van der Waals surface area contributed by atoms with Crippen LogP contribution in [0.1, 0.15) is 24.4 Å². The van der Waals surface area contributed by atoms with Crippen molar-refractivity contribution in [1.82, 2.24) is 10.2 Å². The van der Waals surface area contributed by atoms with Crippen LogP contribution in [0.25, 0.3) is 0 Å². The summed E-state index contributed by atoms with van der Waals surface area (Å²) in [6, 6.07) is 8.60. The van der Waals surface area contributed by atoms with E-state index in [2.05, 4.69) is 11.4 Å². The number of hydrogen-bond donors (Lipinski definition) is 1. The highest BCUT2D eigenvalue weighted by Crippen LogP contribution is 2.31. The Morgan fingerprint density at radius 1 is 1.44 bits per heavy atom. The van der Waals surface area contributed by atoms with Crippen molar-refractivity contribution in [1.29, 1.82) is 0 Å². The third-order valence-electron chi connectivity index (χ3n) is 3.69. The van der Waals surface area contributed by atoms with Crippen molar-refractivity contribution in [3.8, 4) is 5.75 Å². The molecule has 1 heterocycles. The molecule has 0 aromatic heterocycles. The molecule has 1 fully saturated rings. The second-order valence-electron chi connectivity index (χ2n) is 5.02. The van der Waals surface area contributed by atoms with Gasteiger partial charge >= 0.3 is 0 Å². The average Bonchev–Trinajstić information content (AvgIpc) is 3.16. The van der Waals surface area contributed by atoms with Gasteiger partial charge in [-0.1, -0.05) is 18.2 Å². The SMILES string of the molecule is CN(C(=O)CNC1COc2ccccc21)C1CC1. The van der Waals surface area contributed by atoms with Crippen molar-refractivity contribution in [2.24, 2.45) is 0 Å². The summed E-state index contributed by atoms with van der Waals surface area (Å²) in [5, 5.41) is 3.28. The summed E-state index contributed by atoms with van der Waals surface area (Å²) in [5.41, 5.74) is 1.15. The van der Waals surface area contributed by atoms with E-state index in [1.54, 1.807) is 0 Å². The molecule has 1 aliphatic carbocycles. The Morgan fingerprint density at radius 2 is 2.22 bits per heavy atom. The molecule has 1 atom stereocenters. The second kappa shape index (κ2) is 4.61. The van der Waals surface area contributed by atoms with Gasteiger partial charge in [0.25, 0.3) is 0 Å². The number of carbonyl (C=O) groups is 1. The molecule has 0 bridgehead atoms. The smallest absolute Gasteiger partial charge is 0.236 e. The van der Waals surface area contributed by atoms with Gasteiger partial charge in [0, 0.05) is 18.7 Å².